The molecule has 184 valence electrons. The van der Waals surface area contributed by atoms with Crippen LogP contribution in [0.5, 0.6) is 0 Å². The molecule has 7 nitrogen and oxygen atoms in total. The van der Waals surface area contributed by atoms with E-state index in [9.17, 15) is 19.5 Å². The Morgan fingerprint density at radius 3 is 2.25 bits per heavy atom. The van der Waals surface area contributed by atoms with Gasteiger partial charge in [-0.15, -0.1) is 0 Å². The Morgan fingerprint density at radius 1 is 1.12 bits per heavy atom. The first kappa shape index (κ1) is 28.1. The Morgan fingerprint density at radius 2 is 1.75 bits per heavy atom. The van der Waals surface area contributed by atoms with Crippen LogP contribution < -0.4 is 5.32 Å². The van der Waals surface area contributed by atoms with Crippen LogP contribution in [0.2, 0.25) is 0 Å². The van der Waals surface area contributed by atoms with Gasteiger partial charge in [-0.1, -0.05) is 53.5 Å². The van der Waals surface area contributed by atoms with Crippen molar-refractivity contribution in [2.45, 2.75) is 105 Å². The number of hydrogen-bond acceptors (Lipinski definition) is 4. The van der Waals surface area contributed by atoms with Gasteiger partial charge in [0.05, 0.1) is 12.1 Å². The molecule has 0 bridgehead atoms. The highest BCUT2D eigenvalue weighted by atomic mass is 16.4. The molecule has 32 heavy (non-hydrogen) atoms. The molecule has 1 heterocycles. The highest BCUT2D eigenvalue weighted by Gasteiger charge is 2.36. The maximum absolute atomic E-state index is 13.4. The number of likely N-dealkylation sites (tertiary alicyclic amines) is 1. The fourth-order valence-electron chi connectivity index (χ4n) is 4.55. The predicted octanol–water partition coefficient (Wildman–Crippen LogP) is 3.68. The van der Waals surface area contributed by atoms with Gasteiger partial charge in [0.15, 0.2) is 0 Å². The third kappa shape index (κ3) is 7.61. The molecule has 0 aromatic carbocycles. The molecule has 1 saturated heterocycles. The van der Waals surface area contributed by atoms with E-state index in [2.05, 4.69) is 24.1 Å². The fraction of sp³-hybridized carbons (Fsp3) is 0.800. The largest absolute Gasteiger partial charge is 0.478 e. The first-order valence-corrected chi connectivity index (χ1v) is 12.2. The third-order valence-corrected chi connectivity index (χ3v) is 6.59. The number of carbonyl (C=O) groups is 3. The maximum Gasteiger partial charge on any atom is 0.331 e. The minimum atomic E-state index is -0.996. The van der Waals surface area contributed by atoms with Crippen LogP contribution in [0.25, 0.3) is 0 Å². The average molecular weight is 452 g/mol. The number of nitrogens with one attached hydrogen (secondary N) is 1. The minimum Gasteiger partial charge on any atom is -0.478 e. The molecule has 1 fully saturated rings. The first-order valence-electron chi connectivity index (χ1n) is 12.2. The van der Waals surface area contributed by atoms with Crippen molar-refractivity contribution in [3.05, 3.63) is 11.6 Å². The molecule has 7 heteroatoms. The van der Waals surface area contributed by atoms with E-state index >= 15 is 0 Å². The molecule has 0 aliphatic carbocycles. The zero-order valence-corrected chi connectivity index (χ0v) is 21.4. The molecular formula is C25H45N3O4. The number of carbonyl (C=O) groups excluding carboxylic acids is 2. The van der Waals surface area contributed by atoms with Crippen molar-refractivity contribution in [1.82, 2.24) is 15.1 Å². The van der Waals surface area contributed by atoms with E-state index in [0.717, 1.165) is 38.6 Å². The molecule has 0 saturated carbocycles. The zero-order valence-electron chi connectivity index (χ0n) is 21.4. The second-order valence-corrected chi connectivity index (χ2v) is 9.96. The third-order valence-electron chi connectivity index (χ3n) is 6.59. The number of likely N-dealkylation sites (N-methyl/N-ethyl adjacent to an activating group) is 1. The van der Waals surface area contributed by atoms with Crippen LogP contribution in [0.15, 0.2) is 11.6 Å². The number of amides is 2. The van der Waals surface area contributed by atoms with Crippen LogP contribution in [-0.2, 0) is 14.4 Å². The van der Waals surface area contributed by atoms with Crippen LogP contribution in [0.4, 0.5) is 0 Å². The number of aliphatic carboxylic acids is 1. The summed E-state index contributed by atoms with van der Waals surface area (Å²) < 4.78 is 0. The van der Waals surface area contributed by atoms with Crippen molar-refractivity contribution in [3.8, 4) is 0 Å². The van der Waals surface area contributed by atoms with Gasteiger partial charge >= 0.3 is 5.97 Å². The lowest BCUT2D eigenvalue weighted by atomic mass is 9.95. The molecule has 0 radical (unpaired) electrons. The smallest absolute Gasteiger partial charge is 0.331 e. The van der Waals surface area contributed by atoms with Crippen molar-refractivity contribution < 1.29 is 19.5 Å². The molecule has 1 rings (SSSR count). The predicted molar refractivity (Wildman–Crippen MR) is 128 cm³/mol. The molecule has 2 N–H and O–H groups in total. The molecule has 1 aliphatic heterocycles. The van der Waals surface area contributed by atoms with Crippen LogP contribution in [0.3, 0.4) is 0 Å². The van der Waals surface area contributed by atoms with Gasteiger partial charge in [-0.2, -0.15) is 0 Å². The number of nitrogens with zero attached hydrogens (tertiary/aromatic N) is 2. The second-order valence-electron chi connectivity index (χ2n) is 9.96. The molecular weight excluding hydrogens is 406 g/mol. The van der Waals surface area contributed by atoms with Crippen LogP contribution in [0, 0.1) is 11.8 Å². The van der Waals surface area contributed by atoms with Gasteiger partial charge in [0.25, 0.3) is 0 Å². The molecule has 1 aliphatic rings. The molecule has 0 aromatic heterocycles. The summed E-state index contributed by atoms with van der Waals surface area (Å²) in [6, 6.07) is -0.897. The van der Waals surface area contributed by atoms with E-state index in [1.807, 2.05) is 27.7 Å². The van der Waals surface area contributed by atoms with Gasteiger partial charge in [-0.3, -0.25) is 14.5 Å². The average Bonchev–Trinajstić information content (AvgIpc) is 2.74. The number of rotatable bonds is 11. The Hall–Kier alpha value is -1.89. The second kappa shape index (κ2) is 13.0. The van der Waals surface area contributed by atoms with E-state index in [4.69, 9.17) is 0 Å². The maximum atomic E-state index is 13.4. The Kier molecular flexibility index (Phi) is 11.4. The molecule has 4 atom stereocenters. The monoisotopic (exact) mass is 451 g/mol. The van der Waals surface area contributed by atoms with Gasteiger partial charge in [0.2, 0.25) is 11.8 Å². The van der Waals surface area contributed by atoms with E-state index in [1.165, 1.54) is 6.92 Å². The highest BCUT2D eigenvalue weighted by Crippen LogP contribution is 2.23. The number of piperidine rings is 1. The summed E-state index contributed by atoms with van der Waals surface area (Å²) in [4.78, 5) is 41.9. The van der Waals surface area contributed by atoms with Gasteiger partial charge < -0.3 is 15.3 Å². The highest BCUT2D eigenvalue weighted by molar-refractivity contribution is 5.90. The topological polar surface area (TPSA) is 90.0 Å². The number of carboxylic acid groups (broad SMARTS) is 1. The minimum absolute atomic E-state index is 0.0329. The van der Waals surface area contributed by atoms with Crippen LogP contribution >= 0.6 is 0 Å². The Labute approximate surface area is 194 Å². The standard InChI is InChI=1S/C25H45N3O4/c1-9-12-19(7)28-14-11-10-13-20(28)23(29)26-22(17(4)5)24(30)27(8)21(16(2)3)15-18(6)25(31)32/h15-17,19-22H,9-14H2,1-8H3,(H,26,29)(H,31,32)/b18-15+/t19?,20-,21-,22+/m1/s1. The summed E-state index contributed by atoms with van der Waals surface area (Å²) in [5.41, 5.74) is 0.205. The van der Waals surface area contributed by atoms with Crippen molar-refractivity contribution in [2.24, 2.45) is 11.8 Å². The van der Waals surface area contributed by atoms with Crippen LogP contribution in [0.1, 0.15) is 80.6 Å². The van der Waals surface area contributed by atoms with Gasteiger partial charge in [-0.05, 0) is 51.5 Å². The summed E-state index contributed by atoms with van der Waals surface area (Å²) in [5.74, 6) is -1.32. The van der Waals surface area contributed by atoms with Gasteiger partial charge in [0.1, 0.15) is 6.04 Å². The molecule has 2 amide bonds. The number of carboxylic acids is 1. The summed E-state index contributed by atoms with van der Waals surface area (Å²) >= 11 is 0. The molecule has 0 spiro atoms. The van der Waals surface area contributed by atoms with Crippen molar-refractivity contribution in [1.29, 1.82) is 0 Å². The quantitative estimate of drug-likeness (QED) is 0.468. The van der Waals surface area contributed by atoms with E-state index in [1.54, 1.807) is 18.0 Å². The van der Waals surface area contributed by atoms with Crippen molar-refractivity contribution in [2.75, 3.05) is 13.6 Å². The number of hydrogen-bond donors (Lipinski definition) is 2. The Bertz CT molecular complexity index is 674. The summed E-state index contributed by atoms with van der Waals surface area (Å²) in [5, 5.41) is 12.3. The van der Waals surface area contributed by atoms with Gasteiger partial charge in [-0.25, -0.2) is 4.79 Å². The normalized spacial score (nSPS) is 20.7. The lowest BCUT2D eigenvalue weighted by Crippen LogP contribution is -2.59. The summed E-state index contributed by atoms with van der Waals surface area (Å²) in [6.07, 6.45) is 6.66. The van der Waals surface area contributed by atoms with Gasteiger partial charge in [0, 0.05) is 18.7 Å². The summed E-state index contributed by atoms with van der Waals surface area (Å²) in [6.45, 7) is 14.6. The first-order chi connectivity index (χ1) is 14.9. The van der Waals surface area contributed by atoms with E-state index in [-0.39, 0.29) is 41.3 Å². The Balaban J connectivity index is 3.06. The van der Waals surface area contributed by atoms with Crippen molar-refractivity contribution in [3.63, 3.8) is 0 Å². The van der Waals surface area contributed by atoms with E-state index in [0.29, 0.717) is 6.04 Å². The summed E-state index contributed by atoms with van der Waals surface area (Å²) in [7, 11) is 1.69. The van der Waals surface area contributed by atoms with Crippen LogP contribution in [-0.4, -0.2) is 70.4 Å². The lowest BCUT2D eigenvalue weighted by Gasteiger charge is -2.40. The lowest BCUT2D eigenvalue weighted by molar-refractivity contribution is -0.140. The van der Waals surface area contributed by atoms with Crippen molar-refractivity contribution >= 4 is 17.8 Å². The SMILES string of the molecule is CCCC(C)N1CCCC[C@@H]1C(=O)N[C@H](C(=O)N(C)[C@H](/C=C(\C)C(=O)O)C(C)C)C(C)C. The zero-order chi connectivity index (χ0) is 24.6. The van der Waals surface area contributed by atoms with E-state index < -0.39 is 12.0 Å². The molecule has 1 unspecified atom stereocenters. The fourth-order valence-corrected chi connectivity index (χ4v) is 4.55. The molecule has 0 aromatic rings.